The summed E-state index contributed by atoms with van der Waals surface area (Å²) in [5.74, 6) is 8.02. The Morgan fingerprint density at radius 2 is 2.12 bits per heavy atom. The highest BCUT2D eigenvalue weighted by atomic mass is 32.2. The highest BCUT2D eigenvalue weighted by Crippen LogP contribution is 2.20. The van der Waals surface area contributed by atoms with E-state index < -0.39 is 0 Å². The molecular formula is C11H20N4S. The maximum absolute atomic E-state index is 5.37. The molecule has 90 valence electrons. The molecule has 0 aliphatic heterocycles. The second-order valence-corrected chi connectivity index (χ2v) is 4.68. The SMILES string of the molecule is CCCCCSc1cc(NN)nc(CC)n1. The topological polar surface area (TPSA) is 63.8 Å². The Morgan fingerprint density at radius 3 is 2.75 bits per heavy atom. The molecule has 0 bridgehead atoms. The molecular weight excluding hydrogens is 220 g/mol. The van der Waals surface area contributed by atoms with Gasteiger partial charge in [0.25, 0.3) is 0 Å². The predicted molar refractivity (Wildman–Crippen MR) is 69.5 cm³/mol. The van der Waals surface area contributed by atoms with Crippen molar-refractivity contribution < 1.29 is 0 Å². The molecule has 1 heterocycles. The molecule has 0 fully saturated rings. The van der Waals surface area contributed by atoms with Crippen LogP contribution in [0, 0.1) is 0 Å². The predicted octanol–water partition coefficient (Wildman–Crippen LogP) is 2.61. The average molecular weight is 240 g/mol. The van der Waals surface area contributed by atoms with E-state index in [9.17, 15) is 0 Å². The molecule has 0 aliphatic rings. The van der Waals surface area contributed by atoms with E-state index in [1.165, 1.54) is 19.3 Å². The van der Waals surface area contributed by atoms with Crippen LogP contribution in [-0.4, -0.2) is 15.7 Å². The van der Waals surface area contributed by atoms with Gasteiger partial charge in [-0.1, -0.05) is 26.7 Å². The highest BCUT2D eigenvalue weighted by Gasteiger charge is 2.02. The summed E-state index contributed by atoms with van der Waals surface area (Å²) in [4.78, 5) is 8.71. The first kappa shape index (κ1) is 13.3. The molecule has 4 nitrogen and oxygen atoms in total. The lowest BCUT2D eigenvalue weighted by molar-refractivity contribution is 0.777. The number of nitrogens with two attached hydrogens (primary N) is 1. The largest absolute Gasteiger partial charge is 0.308 e. The number of hydrogen-bond donors (Lipinski definition) is 2. The Hall–Kier alpha value is -0.810. The van der Waals surface area contributed by atoms with Gasteiger partial charge in [0.15, 0.2) is 0 Å². The van der Waals surface area contributed by atoms with E-state index >= 15 is 0 Å². The van der Waals surface area contributed by atoms with Gasteiger partial charge in [-0.25, -0.2) is 15.8 Å². The van der Waals surface area contributed by atoms with E-state index in [1.54, 1.807) is 11.8 Å². The molecule has 0 radical (unpaired) electrons. The fourth-order valence-electron chi connectivity index (χ4n) is 1.31. The Labute approximate surface area is 101 Å². The molecule has 0 aromatic carbocycles. The third-order valence-corrected chi connectivity index (χ3v) is 3.21. The molecule has 0 aliphatic carbocycles. The fraction of sp³-hybridized carbons (Fsp3) is 0.636. The van der Waals surface area contributed by atoms with Crippen LogP contribution >= 0.6 is 11.8 Å². The minimum atomic E-state index is 0.699. The Kier molecular flexibility index (Phi) is 6.18. The smallest absolute Gasteiger partial charge is 0.144 e. The number of aromatic nitrogens is 2. The van der Waals surface area contributed by atoms with Crippen LogP contribution in [0.25, 0.3) is 0 Å². The van der Waals surface area contributed by atoms with Gasteiger partial charge in [-0.15, -0.1) is 11.8 Å². The van der Waals surface area contributed by atoms with Crippen LogP contribution < -0.4 is 11.3 Å². The lowest BCUT2D eigenvalue weighted by atomic mass is 10.3. The molecule has 0 saturated carbocycles. The molecule has 0 atom stereocenters. The van der Waals surface area contributed by atoms with Crippen LogP contribution in [0.5, 0.6) is 0 Å². The van der Waals surface area contributed by atoms with Gasteiger partial charge in [0.1, 0.15) is 16.7 Å². The van der Waals surface area contributed by atoms with Crippen LogP contribution in [-0.2, 0) is 6.42 Å². The van der Waals surface area contributed by atoms with Gasteiger partial charge in [-0.05, 0) is 12.2 Å². The molecule has 1 aromatic heterocycles. The minimum Gasteiger partial charge on any atom is -0.308 e. The summed E-state index contributed by atoms with van der Waals surface area (Å²) < 4.78 is 0. The van der Waals surface area contributed by atoms with E-state index in [0.717, 1.165) is 23.0 Å². The molecule has 16 heavy (non-hydrogen) atoms. The summed E-state index contributed by atoms with van der Waals surface area (Å²) >= 11 is 1.77. The number of nitrogen functional groups attached to an aromatic ring is 1. The summed E-state index contributed by atoms with van der Waals surface area (Å²) in [6.07, 6.45) is 4.59. The first-order valence-corrected chi connectivity index (χ1v) is 6.76. The van der Waals surface area contributed by atoms with Gasteiger partial charge in [-0.3, -0.25) is 0 Å². The van der Waals surface area contributed by atoms with Gasteiger partial charge in [0.05, 0.1) is 0 Å². The molecule has 0 amide bonds. The summed E-state index contributed by atoms with van der Waals surface area (Å²) in [6.45, 7) is 4.25. The number of nitrogens with zero attached hydrogens (tertiary/aromatic N) is 2. The maximum Gasteiger partial charge on any atom is 0.144 e. The zero-order chi connectivity index (χ0) is 11.8. The second kappa shape index (κ2) is 7.46. The molecule has 0 spiro atoms. The number of nitrogens with one attached hydrogen (secondary N) is 1. The molecule has 1 aromatic rings. The van der Waals surface area contributed by atoms with Crippen molar-refractivity contribution in [1.82, 2.24) is 9.97 Å². The number of unbranched alkanes of at least 4 members (excludes halogenated alkanes) is 2. The Bertz CT molecular complexity index is 295. The third-order valence-electron chi connectivity index (χ3n) is 2.21. The first-order chi connectivity index (χ1) is 7.80. The number of aryl methyl sites for hydroxylation is 1. The van der Waals surface area contributed by atoms with Crippen molar-refractivity contribution in [2.24, 2.45) is 5.84 Å². The standard InChI is InChI=1S/C11H20N4S/c1-3-5-6-7-16-11-8-10(15-12)13-9(4-2)14-11/h8H,3-7,12H2,1-2H3,(H,13,14,15). The second-order valence-electron chi connectivity index (χ2n) is 3.56. The van der Waals surface area contributed by atoms with Crippen LogP contribution in [0.1, 0.15) is 38.9 Å². The lowest BCUT2D eigenvalue weighted by Gasteiger charge is -2.06. The summed E-state index contributed by atoms with van der Waals surface area (Å²) in [5, 5.41) is 1.01. The summed E-state index contributed by atoms with van der Waals surface area (Å²) in [5.41, 5.74) is 2.58. The number of anilines is 1. The fourth-order valence-corrected chi connectivity index (χ4v) is 2.23. The van der Waals surface area contributed by atoms with Crippen LogP contribution in [0.3, 0.4) is 0 Å². The van der Waals surface area contributed by atoms with Crippen LogP contribution in [0.4, 0.5) is 5.82 Å². The zero-order valence-electron chi connectivity index (χ0n) is 9.99. The molecule has 0 unspecified atom stereocenters. The lowest BCUT2D eigenvalue weighted by Crippen LogP contribution is -2.10. The minimum absolute atomic E-state index is 0.699. The van der Waals surface area contributed by atoms with E-state index in [1.807, 2.05) is 13.0 Å². The molecule has 3 N–H and O–H groups in total. The van der Waals surface area contributed by atoms with E-state index in [0.29, 0.717) is 5.82 Å². The highest BCUT2D eigenvalue weighted by molar-refractivity contribution is 7.99. The van der Waals surface area contributed by atoms with Gasteiger partial charge in [0, 0.05) is 12.5 Å². The van der Waals surface area contributed by atoms with Crippen LogP contribution in [0.2, 0.25) is 0 Å². The maximum atomic E-state index is 5.37. The van der Waals surface area contributed by atoms with Crippen LogP contribution in [0.15, 0.2) is 11.1 Å². The average Bonchev–Trinajstić information content (AvgIpc) is 2.34. The van der Waals surface area contributed by atoms with Crippen molar-refractivity contribution in [3.05, 3.63) is 11.9 Å². The van der Waals surface area contributed by atoms with Crippen molar-refractivity contribution in [1.29, 1.82) is 0 Å². The van der Waals surface area contributed by atoms with E-state index in [2.05, 4.69) is 22.3 Å². The molecule has 0 saturated heterocycles. The first-order valence-electron chi connectivity index (χ1n) is 5.77. The number of thioether (sulfide) groups is 1. The van der Waals surface area contributed by atoms with Crippen molar-refractivity contribution in [3.63, 3.8) is 0 Å². The molecule has 1 rings (SSSR count). The van der Waals surface area contributed by atoms with E-state index in [4.69, 9.17) is 5.84 Å². The van der Waals surface area contributed by atoms with Crippen molar-refractivity contribution >= 4 is 17.6 Å². The Balaban J connectivity index is 2.57. The van der Waals surface area contributed by atoms with Gasteiger partial charge in [0.2, 0.25) is 0 Å². The van der Waals surface area contributed by atoms with Crippen molar-refractivity contribution in [3.8, 4) is 0 Å². The number of hydrogen-bond acceptors (Lipinski definition) is 5. The molecule has 5 heteroatoms. The number of rotatable bonds is 7. The van der Waals surface area contributed by atoms with Gasteiger partial charge >= 0.3 is 0 Å². The summed E-state index contributed by atoms with van der Waals surface area (Å²) in [6, 6.07) is 1.90. The number of hydrazine groups is 1. The zero-order valence-corrected chi connectivity index (χ0v) is 10.8. The van der Waals surface area contributed by atoms with Crippen molar-refractivity contribution in [2.75, 3.05) is 11.2 Å². The summed E-state index contributed by atoms with van der Waals surface area (Å²) in [7, 11) is 0. The third kappa shape index (κ3) is 4.37. The van der Waals surface area contributed by atoms with Gasteiger partial charge in [-0.2, -0.15) is 0 Å². The van der Waals surface area contributed by atoms with Crippen molar-refractivity contribution in [2.45, 2.75) is 44.6 Å². The van der Waals surface area contributed by atoms with E-state index in [-0.39, 0.29) is 0 Å². The monoisotopic (exact) mass is 240 g/mol. The quantitative estimate of drug-likeness (QED) is 0.252. The van der Waals surface area contributed by atoms with Gasteiger partial charge < -0.3 is 5.43 Å². The normalized spacial score (nSPS) is 10.4. The Morgan fingerprint density at radius 1 is 1.31 bits per heavy atom.